The largest absolute Gasteiger partial charge is 0.503 e. The van der Waals surface area contributed by atoms with Gasteiger partial charge in [0, 0.05) is 5.02 Å². The molecule has 3 nitrogen and oxygen atoms in total. The standard InChI is InChI=1S/C13H12Cl2O3/c1-17-8-11(13(16)18-2)12(15)7-9-3-5-10(14)6-4-9/h3-8H,1-2H3/b11-8?,12-7+. The van der Waals surface area contributed by atoms with E-state index in [0.29, 0.717) is 5.02 Å². The Morgan fingerprint density at radius 1 is 1.22 bits per heavy atom. The van der Waals surface area contributed by atoms with Crippen molar-refractivity contribution in [2.75, 3.05) is 14.2 Å². The predicted molar refractivity (Wildman–Crippen MR) is 72.4 cm³/mol. The molecule has 1 aromatic carbocycles. The third kappa shape index (κ3) is 4.09. The Morgan fingerprint density at radius 2 is 1.83 bits per heavy atom. The Morgan fingerprint density at radius 3 is 2.33 bits per heavy atom. The highest BCUT2D eigenvalue weighted by Gasteiger charge is 2.14. The zero-order chi connectivity index (χ0) is 13.5. The van der Waals surface area contributed by atoms with Crippen LogP contribution in [0.5, 0.6) is 0 Å². The summed E-state index contributed by atoms with van der Waals surface area (Å²) in [6, 6.07) is 7.03. The molecule has 18 heavy (non-hydrogen) atoms. The Hall–Kier alpha value is -1.45. The van der Waals surface area contributed by atoms with Crippen molar-refractivity contribution >= 4 is 35.2 Å². The lowest BCUT2D eigenvalue weighted by atomic mass is 10.1. The first-order valence-corrected chi connectivity index (χ1v) is 5.78. The van der Waals surface area contributed by atoms with E-state index in [2.05, 4.69) is 4.74 Å². The van der Waals surface area contributed by atoms with Gasteiger partial charge in [0.05, 0.1) is 25.5 Å². The molecule has 1 rings (SSSR count). The summed E-state index contributed by atoms with van der Waals surface area (Å²) < 4.78 is 9.40. The van der Waals surface area contributed by atoms with E-state index in [0.717, 1.165) is 5.56 Å². The van der Waals surface area contributed by atoms with Crippen molar-refractivity contribution < 1.29 is 14.3 Å². The van der Waals surface area contributed by atoms with Crippen molar-refractivity contribution in [1.29, 1.82) is 0 Å². The first-order chi connectivity index (χ1) is 8.58. The SMILES string of the molecule is COC=C(C(=O)OC)/C(Cl)=C\c1ccc(Cl)cc1. The summed E-state index contributed by atoms with van der Waals surface area (Å²) >= 11 is 11.8. The second-order valence-electron chi connectivity index (χ2n) is 3.30. The highest BCUT2D eigenvalue weighted by molar-refractivity contribution is 6.37. The number of benzene rings is 1. The van der Waals surface area contributed by atoms with Gasteiger partial charge < -0.3 is 9.47 Å². The lowest BCUT2D eigenvalue weighted by molar-refractivity contribution is -0.135. The molecule has 0 amide bonds. The van der Waals surface area contributed by atoms with Crippen LogP contribution < -0.4 is 0 Å². The molecule has 0 radical (unpaired) electrons. The van der Waals surface area contributed by atoms with Crippen LogP contribution in [0.15, 0.2) is 41.1 Å². The second kappa shape index (κ2) is 7.09. The molecule has 0 aliphatic rings. The number of ether oxygens (including phenoxy) is 2. The Bertz CT molecular complexity index is 476. The maximum Gasteiger partial charge on any atom is 0.342 e. The van der Waals surface area contributed by atoms with E-state index in [1.165, 1.54) is 20.5 Å². The Kier molecular flexibility index (Phi) is 5.75. The minimum atomic E-state index is -0.563. The van der Waals surface area contributed by atoms with Crippen molar-refractivity contribution in [1.82, 2.24) is 0 Å². The topological polar surface area (TPSA) is 35.5 Å². The van der Waals surface area contributed by atoms with Crippen LogP contribution in [0.25, 0.3) is 6.08 Å². The van der Waals surface area contributed by atoms with Gasteiger partial charge in [-0.2, -0.15) is 0 Å². The molecule has 96 valence electrons. The first kappa shape index (κ1) is 14.6. The Labute approximate surface area is 116 Å². The van der Waals surface area contributed by atoms with Crippen LogP contribution in [0.3, 0.4) is 0 Å². The minimum absolute atomic E-state index is 0.150. The van der Waals surface area contributed by atoms with Crippen molar-refractivity contribution in [2.24, 2.45) is 0 Å². The number of esters is 1. The van der Waals surface area contributed by atoms with Gasteiger partial charge in [-0.3, -0.25) is 0 Å². The Balaban J connectivity index is 3.02. The first-order valence-electron chi connectivity index (χ1n) is 5.03. The van der Waals surface area contributed by atoms with Gasteiger partial charge in [0.2, 0.25) is 0 Å². The molecule has 0 saturated carbocycles. The number of hydrogen-bond donors (Lipinski definition) is 0. The molecule has 0 unspecified atom stereocenters. The highest BCUT2D eigenvalue weighted by Crippen LogP contribution is 2.21. The van der Waals surface area contributed by atoms with E-state index in [-0.39, 0.29) is 10.6 Å². The van der Waals surface area contributed by atoms with E-state index in [9.17, 15) is 4.79 Å². The molecule has 0 heterocycles. The van der Waals surface area contributed by atoms with Crippen LogP contribution in [-0.2, 0) is 14.3 Å². The summed E-state index contributed by atoms with van der Waals surface area (Å²) in [5, 5.41) is 0.856. The van der Waals surface area contributed by atoms with Gasteiger partial charge in [0.15, 0.2) is 0 Å². The maximum atomic E-state index is 11.5. The molecule has 0 aliphatic carbocycles. The van der Waals surface area contributed by atoms with Crippen LogP contribution in [0.2, 0.25) is 5.02 Å². The average molecular weight is 287 g/mol. The smallest absolute Gasteiger partial charge is 0.342 e. The third-order valence-corrected chi connectivity index (χ3v) is 2.63. The molecular formula is C13H12Cl2O3. The van der Waals surface area contributed by atoms with Crippen LogP contribution in [0, 0.1) is 0 Å². The van der Waals surface area contributed by atoms with Gasteiger partial charge in [-0.15, -0.1) is 0 Å². The van der Waals surface area contributed by atoms with Gasteiger partial charge in [0.25, 0.3) is 0 Å². The fourth-order valence-electron chi connectivity index (χ4n) is 1.21. The second-order valence-corrected chi connectivity index (χ2v) is 4.15. The van der Waals surface area contributed by atoms with Crippen LogP contribution in [0.4, 0.5) is 0 Å². The van der Waals surface area contributed by atoms with Gasteiger partial charge in [-0.25, -0.2) is 4.79 Å². The lowest BCUT2D eigenvalue weighted by Crippen LogP contribution is -2.05. The molecular weight excluding hydrogens is 275 g/mol. The number of carbonyl (C=O) groups is 1. The van der Waals surface area contributed by atoms with Gasteiger partial charge >= 0.3 is 5.97 Å². The number of methoxy groups -OCH3 is 2. The normalized spacial score (nSPS) is 12.2. The van der Waals surface area contributed by atoms with E-state index < -0.39 is 5.97 Å². The fraction of sp³-hybridized carbons (Fsp3) is 0.154. The maximum absolute atomic E-state index is 11.5. The van der Waals surface area contributed by atoms with E-state index in [4.69, 9.17) is 27.9 Å². The number of hydrogen-bond acceptors (Lipinski definition) is 3. The number of rotatable bonds is 4. The van der Waals surface area contributed by atoms with Crippen molar-refractivity contribution in [3.63, 3.8) is 0 Å². The van der Waals surface area contributed by atoms with Crippen molar-refractivity contribution in [2.45, 2.75) is 0 Å². The van der Waals surface area contributed by atoms with Crippen LogP contribution >= 0.6 is 23.2 Å². The molecule has 0 N–H and O–H groups in total. The summed E-state index contributed by atoms with van der Waals surface area (Å²) in [5.74, 6) is -0.563. The molecule has 0 fully saturated rings. The molecule has 0 spiro atoms. The molecule has 1 aromatic rings. The number of halogens is 2. The van der Waals surface area contributed by atoms with E-state index >= 15 is 0 Å². The zero-order valence-corrected chi connectivity index (χ0v) is 11.5. The highest BCUT2D eigenvalue weighted by atomic mass is 35.5. The number of carbonyl (C=O) groups excluding carboxylic acids is 1. The van der Waals surface area contributed by atoms with Crippen LogP contribution in [0.1, 0.15) is 5.56 Å². The molecule has 0 saturated heterocycles. The molecule has 0 bridgehead atoms. The van der Waals surface area contributed by atoms with Gasteiger partial charge in [-0.05, 0) is 23.8 Å². The molecule has 0 atom stereocenters. The van der Waals surface area contributed by atoms with E-state index in [1.54, 1.807) is 30.3 Å². The van der Waals surface area contributed by atoms with E-state index in [1.807, 2.05) is 0 Å². The average Bonchev–Trinajstić information content (AvgIpc) is 2.37. The van der Waals surface area contributed by atoms with Gasteiger partial charge in [-0.1, -0.05) is 35.3 Å². The van der Waals surface area contributed by atoms with Crippen molar-refractivity contribution in [3.8, 4) is 0 Å². The fourth-order valence-corrected chi connectivity index (χ4v) is 1.59. The zero-order valence-electron chi connectivity index (χ0n) is 9.94. The van der Waals surface area contributed by atoms with Gasteiger partial charge in [0.1, 0.15) is 5.57 Å². The summed E-state index contributed by atoms with van der Waals surface area (Å²) in [5.41, 5.74) is 0.965. The monoisotopic (exact) mass is 286 g/mol. The predicted octanol–water partition coefficient (Wildman–Crippen LogP) is 3.62. The van der Waals surface area contributed by atoms with Crippen molar-refractivity contribution in [3.05, 3.63) is 51.7 Å². The molecule has 0 aliphatic heterocycles. The summed E-state index contributed by atoms with van der Waals surface area (Å²) in [7, 11) is 2.70. The molecule has 0 aromatic heterocycles. The summed E-state index contributed by atoms with van der Waals surface area (Å²) in [4.78, 5) is 11.5. The quantitative estimate of drug-likeness (QED) is 0.367. The lowest BCUT2D eigenvalue weighted by Gasteiger charge is -2.04. The summed E-state index contributed by atoms with van der Waals surface area (Å²) in [6.45, 7) is 0. The minimum Gasteiger partial charge on any atom is -0.503 e. The van der Waals surface area contributed by atoms with Crippen LogP contribution in [-0.4, -0.2) is 20.2 Å². The summed E-state index contributed by atoms with van der Waals surface area (Å²) in [6.07, 6.45) is 2.86. The molecule has 5 heteroatoms. The third-order valence-electron chi connectivity index (χ3n) is 2.06.